The SMILES string of the molecule is Cc1csc(NC(=O)[C@@H]2CCCN(Cc3cc(=O)n4c(C)csc4n3)C2)n1. The van der Waals surface area contributed by atoms with Crippen LogP contribution in [-0.4, -0.2) is 38.3 Å². The molecule has 0 aromatic carbocycles. The second kappa shape index (κ2) is 7.49. The third kappa shape index (κ3) is 3.95. The number of hydrogen-bond acceptors (Lipinski definition) is 7. The predicted molar refractivity (Wildman–Crippen MR) is 108 cm³/mol. The highest BCUT2D eigenvalue weighted by atomic mass is 32.1. The van der Waals surface area contributed by atoms with Crippen LogP contribution in [0.3, 0.4) is 0 Å². The van der Waals surface area contributed by atoms with Crippen LogP contribution in [0.25, 0.3) is 4.96 Å². The van der Waals surface area contributed by atoms with Gasteiger partial charge in [-0.15, -0.1) is 22.7 Å². The summed E-state index contributed by atoms with van der Waals surface area (Å²) in [5.74, 6) is -0.0526. The lowest BCUT2D eigenvalue weighted by atomic mass is 9.97. The van der Waals surface area contributed by atoms with Crippen molar-refractivity contribution in [3.8, 4) is 0 Å². The Hall–Kier alpha value is -2.10. The van der Waals surface area contributed by atoms with Gasteiger partial charge in [-0.2, -0.15) is 0 Å². The van der Waals surface area contributed by atoms with Gasteiger partial charge in [-0.25, -0.2) is 9.97 Å². The molecule has 1 atom stereocenters. The van der Waals surface area contributed by atoms with Crippen molar-refractivity contribution >= 4 is 38.7 Å². The summed E-state index contributed by atoms with van der Waals surface area (Å²) in [5.41, 5.74) is 2.54. The molecule has 3 aromatic rings. The summed E-state index contributed by atoms with van der Waals surface area (Å²) in [6.07, 6.45) is 1.82. The molecule has 4 heterocycles. The van der Waals surface area contributed by atoms with Crippen molar-refractivity contribution in [2.45, 2.75) is 33.2 Å². The van der Waals surface area contributed by atoms with Crippen LogP contribution in [-0.2, 0) is 11.3 Å². The number of anilines is 1. The highest BCUT2D eigenvalue weighted by molar-refractivity contribution is 7.15. The van der Waals surface area contributed by atoms with Crippen LogP contribution >= 0.6 is 22.7 Å². The van der Waals surface area contributed by atoms with Crippen LogP contribution in [0.5, 0.6) is 0 Å². The van der Waals surface area contributed by atoms with E-state index in [-0.39, 0.29) is 17.4 Å². The van der Waals surface area contributed by atoms with Crippen molar-refractivity contribution < 1.29 is 4.79 Å². The summed E-state index contributed by atoms with van der Waals surface area (Å²) in [4.78, 5) is 36.8. The van der Waals surface area contributed by atoms with Crippen LogP contribution in [0.15, 0.2) is 21.6 Å². The maximum atomic E-state index is 12.6. The number of thiazole rings is 2. The number of nitrogens with zero attached hydrogens (tertiary/aromatic N) is 4. The summed E-state index contributed by atoms with van der Waals surface area (Å²) < 4.78 is 1.64. The first-order valence-corrected chi connectivity index (χ1v) is 10.7. The van der Waals surface area contributed by atoms with Gasteiger partial charge in [0.25, 0.3) is 5.56 Å². The number of amides is 1. The van der Waals surface area contributed by atoms with E-state index in [0.717, 1.165) is 41.4 Å². The minimum Gasteiger partial charge on any atom is -0.302 e. The molecule has 1 aliphatic rings. The van der Waals surface area contributed by atoms with E-state index >= 15 is 0 Å². The molecule has 0 aliphatic carbocycles. The molecule has 0 radical (unpaired) electrons. The van der Waals surface area contributed by atoms with E-state index in [2.05, 4.69) is 20.2 Å². The monoisotopic (exact) mass is 403 g/mol. The zero-order valence-electron chi connectivity index (χ0n) is 15.3. The molecule has 7 nitrogen and oxygen atoms in total. The minimum absolute atomic E-state index is 0.0198. The molecule has 27 heavy (non-hydrogen) atoms. The van der Waals surface area contributed by atoms with Gasteiger partial charge < -0.3 is 5.32 Å². The van der Waals surface area contributed by atoms with E-state index in [4.69, 9.17) is 0 Å². The second-order valence-corrected chi connectivity index (χ2v) is 8.63. The predicted octanol–water partition coefficient (Wildman–Crippen LogP) is 2.68. The molecule has 1 amide bonds. The molecular formula is C18H21N5O2S2. The van der Waals surface area contributed by atoms with Crippen molar-refractivity contribution in [2.24, 2.45) is 5.92 Å². The summed E-state index contributed by atoms with van der Waals surface area (Å²) in [5, 5.41) is 7.45. The molecule has 1 saturated heterocycles. The van der Waals surface area contributed by atoms with E-state index in [1.165, 1.54) is 22.7 Å². The Bertz CT molecular complexity index is 1040. The average Bonchev–Trinajstić information content (AvgIpc) is 3.21. The van der Waals surface area contributed by atoms with Gasteiger partial charge in [0.1, 0.15) is 0 Å². The molecule has 0 spiro atoms. The fraction of sp³-hybridized carbons (Fsp3) is 0.444. The number of hydrogen-bond donors (Lipinski definition) is 1. The third-order valence-electron chi connectivity index (χ3n) is 4.74. The second-order valence-electron chi connectivity index (χ2n) is 6.94. The zero-order chi connectivity index (χ0) is 19.0. The van der Waals surface area contributed by atoms with Crippen LogP contribution in [0.4, 0.5) is 5.13 Å². The van der Waals surface area contributed by atoms with Gasteiger partial charge in [0.05, 0.1) is 17.3 Å². The molecule has 142 valence electrons. The molecule has 4 rings (SSSR count). The molecule has 1 aliphatic heterocycles. The van der Waals surface area contributed by atoms with Crippen LogP contribution in [0.1, 0.15) is 29.9 Å². The van der Waals surface area contributed by atoms with Crippen LogP contribution in [0.2, 0.25) is 0 Å². The first kappa shape index (κ1) is 18.3. The molecule has 0 unspecified atom stereocenters. The quantitative estimate of drug-likeness (QED) is 0.725. The molecule has 3 aromatic heterocycles. The number of carbonyl (C=O) groups is 1. The number of fused-ring (bicyclic) bond motifs is 1. The van der Waals surface area contributed by atoms with Gasteiger partial charge in [-0.3, -0.25) is 18.9 Å². The number of carbonyl (C=O) groups excluding carboxylic acids is 1. The first-order chi connectivity index (χ1) is 13.0. The Morgan fingerprint density at radius 2 is 2.15 bits per heavy atom. The van der Waals surface area contributed by atoms with E-state index in [1.54, 1.807) is 10.5 Å². The topological polar surface area (TPSA) is 79.6 Å². The molecule has 0 saturated carbocycles. The number of likely N-dealkylation sites (tertiary alicyclic amines) is 1. The van der Waals surface area contributed by atoms with Crippen LogP contribution in [0, 0.1) is 19.8 Å². The van der Waals surface area contributed by atoms with Crippen molar-refractivity contribution in [1.29, 1.82) is 0 Å². The lowest BCUT2D eigenvalue weighted by molar-refractivity contribution is -0.121. The third-order valence-corrected chi connectivity index (χ3v) is 6.56. The lowest BCUT2D eigenvalue weighted by Gasteiger charge is -2.31. The first-order valence-electron chi connectivity index (χ1n) is 8.92. The lowest BCUT2D eigenvalue weighted by Crippen LogP contribution is -2.40. The number of nitrogens with one attached hydrogen (secondary N) is 1. The normalized spacial score (nSPS) is 18.1. The summed E-state index contributed by atoms with van der Waals surface area (Å²) in [7, 11) is 0. The number of aryl methyl sites for hydroxylation is 2. The highest BCUT2D eigenvalue weighted by Gasteiger charge is 2.26. The maximum Gasteiger partial charge on any atom is 0.259 e. The Labute approximate surface area is 164 Å². The van der Waals surface area contributed by atoms with Crippen molar-refractivity contribution in [3.63, 3.8) is 0 Å². The van der Waals surface area contributed by atoms with Crippen LogP contribution < -0.4 is 10.9 Å². The summed E-state index contributed by atoms with van der Waals surface area (Å²) in [6, 6.07) is 1.61. The van der Waals surface area contributed by atoms with Gasteiger partial charge in [-0.05, 0) is 33.2 Å². The highest BCUT2D eigenvalue weighted by Crippen LogP contribution is 2.22. The Balaban J connectivity index is 1.44. The van der Waals surface area contributed by atoms with Gasteiger partial charge >= 0.3 is 0 Å². The Morgan fingerprint density at radius 3 is 2.93 bits per heavy atom. The van der Waals surface area contributed by atoms with Crippen molar-refractivity contribution in [1.82, 2.24) is 19.3 Å². The van der Waals surface area contributed by atoms with E-state index in [9.17, 15) is 9.59 Å². The zero-order valence-corrected chi connectivity index (χ0v) is 16.9. The fourth-order valence-corrected chi connectivity index (χ4v) is 5.02. The standard InChI is InChI=1S/C18H21N5O2S2/c1-11-9-26-17(19-11)21-16(25)13-4-3-5-22(7-13)8-14-6-15(24)23-12(2)10-27-18(23)20-14/h6,9-10,13H,3-5,7-8H2,1-2H3,(H,19,21,25)/t13-/m1/s1. The van der Waals surface area contributed by atoms with E-state index < -0.39 is 0 Å². The van der Waals surface area contributed by atoms with Crippen molar-refractivity contribution in [2.75, 3.05) is 18.4 Å². The molecular weight excluding hydrogens is 382 g/mol. The summed E-state index contributed by atoms with van der Waals surface area (Å²) >= 11 is 2.92. The average molecular weight is 404 g/mol. The fourth-order valence-electron chi connectivity index (χ4n) is 3.44. The largest absolute Gasteiger partial charge is 0.302 e. The Kier molecular flexibility index (Phi) is 5.07. The molecule has 9 heteroatoms. The smallest absolute Gasteiger partial charge is 0.259 e. The number of piperidine rings is 1. The van der Waals surface area contributed by atoms with Gasteiger partial charge in [0, 0.05) is 35.6 Å². The van der Waals surface area contributed by atoms with Gasteiger partial charge in [0.2, 0.25) is 5.91 Å². The minimum atomic E-state index is -0.0724. The molecule has 1 fully saturated rings. The maximum absolute atomic E-state index is 12.6. The summed E-state index contributed by atoms with van der Waals surface area (Å²) in [6.45, 7) is 5.98. The number of aromatic nitrogens is 3. The molecule has 0 bridgehead atoms. The van der Waals surface area contributed by atoms with E-state index in [0.29, 0.717) is 18.2 Å². The number of rotatable bonds is 4. The Morgan fingerprint density at radius 1 is 1.30 bits per heavy atom. The van der Waals surface area contributed by atoms with E-state index in [1.807, 2.05) is 24.6 Å². The van der Waals surface area contributed by atoms with Crippen molar-refractivity contribution in [3.05, 3.63) is 44.3 Å². The van der Waals surface area contributed by atoms with Gasteiger partial charge in [0.15, 0.2) is 10.1 Å². The molecule has 1 N–H and O–H groups in total. The van der Waals surface area contributed by atoms with Gasteiger partial charge in [-0.1, -0.05) is 0 Å².